The third-order valence-corrected chi connectivity index (χ3v) is 3.83. The normalized spacial score (nSPS) is 21.6. The van der Waals surface area contributed by atoms with Crippen LogP contribution in [0.3, 0.4) is 0 Å². The van der Waals surface area contributed by atoms with E-state index in [1.54, 1.807) is 0 Å². The standard InChI is InChI=1S/C9H16N2O5S/c12-8(13)4-6-17(15,16)11-7-3-1-2-5-10-9(7)14/h7,11H,1-6H2,(H,10,14)(H,12,13). The predicted molar refractivity (Wildman–Crippen MR) is 59.8 cm³/mol. The van der Waals surface area contributed by atoms with Gasteiger partial charge in [0.25, 0.3) is 0 Å². The fourth-order valence-electron chi connectivity index (χ4n) is 1.55. The Bertz CT molecular complexity index is 392. The van der Waals surface area contributed by atoms with Crippen LogP contribution in [0.15, 0.2) is 0 Å². The van der Waals surface area contributed by atoms with Crippen molar-refractivity contribution in [1.82, 2.24) is 10.0 Å². The van der Waals surface area contributed by atoms with Crippen LogP contribution in [-0.4, -0.2) is 43.7 Å². The topological polar surface area (TPSA) is 113 Å². The van der Waals surface area contributed by atoms with Crippen LogP contribution in [0.5, 0.6) is 0 Å². The van der Waals surface area contributed by atoms with Gasteiger partial charge in [0, 0.05) is 6.54 Å². The Kier molecular flexibility index (Phi) is 4.88. The van der Waals surface area contributed by atoms with Gasteiger partial charge in [-0.2, -0.15) is 0 Å². The molecule has 0 spiro atoms. The molecule has 98 valence electrons. The summed E-state index contributed by atoms with van der Waals surface area (Å²) in [7, 11) is -3.72. The Labute approximate surface area is 99.6 Å². The summed E-state index contributed by atoms with van der Waals surface area (Å²) in [5.41, 5.74) is 0. The Hall–Kier alpha value is -1.15. The molecule has 0 aliphatic carbocycles. The zero-order chi connectivity index (χ0) is 12.9. The molecule has 1 atom stereocenters. The van der Waals surface area contributed by atoms with Crippen molar-refractivity contribution in [1.29, 1.82) is 0 Å². The molecule has 1 saturated heterocycles. The average molecular weight is 264 g/mol. The molecule has 1 fully saturated rings. The maximum absolute atomic E-state index is 11.5. The van der Waals surface area contributed by atoms with E-state index in [4.69, 9.17) is 5.11 Å². The third kappa shape index (κ3) is 5.14. The van der Waals surface area contributed by atoms with Gasteiger partial charge in [-0.15, -0.1) is 0 Å². The summed E-state index contributed by atoms with van der Waals surface area (Å²) in [6.07, 6.45) is 1.55. The molecular formula is C9H16N2O5S. The molecule has 1 aliphatic rings. The molecule has 0 aromatic rings. The highest BCUT2D eigenvalue weighted by Crippen LogP contribution is 2.07. The number of carbonyl (C=O) groups excluding carboxylic acids is 1. The number of aliphatic carboxylic acids is 1. The first-order valence-corrected chi connectivity index (χ1v) is 7.05. The Morgan fingerprint density at radius 1 is 1.47 bits per heavy atom. The molecule has 0 saturated carbocycles. The molecule has 8 heteroatoms. The van der Waals surface area contributed by atoms with E-state index in [0.717, 1.165) is 12.8 Å². The predicted octanol–water partition coefficient (Wildman–Crippen LogP) is -0.951. The lowest BCUT2D eigenvalue weighted by atomic mass is 10.1. The van der Waals surface area contributed by atoms with Crippen LogP contribution in [0, 0.1) is 0 Å². The van der Waals surface area contributed by atoms with Crippen molar-refractivity contribution in [3.8, 4) is 0 Å². The summed E-state index contributed by atoms with van der Waals surface area (Å²) >= 11 is 0. The van der Waals surface area contributed by atoms with E-state index < -0.39 is 34.2 Å². The first-order chi connectivity index (χ1) is 7.91. The molecule has 0 aromatic carbocycles. The van der Waals surface area contributed by atoms with Gasteiger partial charge in [0.15, 0.2) is 0 Å². The molecule has 1 rings (SSSR count). The minimum atomic E-state index is -3.72. The van der Waals surface area contributed by atoms with E-state index >= 15 is 0 Å². The molecule has 0 aromatic heterocycles. The van der Waals surface area contributed by atoms with E-state index in [0.29, 0.717) is 13.0 Å². The summed E-state index contributed by atoms with van der Waals surface area (Å²) in [4.78, 5) is 21.8. The number of carboxylic acids is 1. The highest BCUT2D eigenvalue weighted by Gasteiger charge is 2.25. The third-order valence-electron chi connectivity index (χ3n) is 2.44. The number of hydrogen-bond donors (Lipinski definition) is 3. The lowest BCUT2D eigenvalue weighted by molar-refractivity contribution is -0.136. The van der Waals surface area contributed by atoms with Gasteiger partial charge in [-0.05, 0) is 19.3 Å². The van der Waals surface area contributed by atoms with Crippen molar-refractivity contribution >= 4 is 21.9 Å². The molecule has 7 nitrogen and oxygen atoms in total. The first kappa shape index (κ1) is 13.9. The van der Waals surface area contributed by atoms with Crippen molar-refractivity contribution in [3.05, 3.63) is 0 Å². The SMILES string of the molecule is O=C(O)CCS(=O)(=O)NC1CCCCNC1=O. The Balaban J connectivity index is 2.55. The van der Waals surface area contributed by atoms with Gasteiger partial charge in [0.05, 0.1) is 12.2 Å². The molecule has 1 aliphatic heterocycles. The van der Waals surface area contributed by atoms with Crippen LogP contribution in [0.1, 0.15) is 25.7 Å². The van der Waals surface area contributed by atoms with E-state index in [-0.39, 0.29) is 5.91 Å². The zero-order valence-electron chi connectivity index (χ0n) is 9.31. The highest BCUT2D eigenvalue weighted by molar-refractivity contribution is 7.89. The first-order valence-electron chi connectivity index (χ1n) is 5.40. The number of amides is 1. The zero-order valence-corrected chi connectivity index (χ0v) is 10.1. The second-order valence-corrected chi connectivity index (χ2v) is 5.79. The van der Waals surface area contributed by atoms with Gasteiger partial charge in [-0.1, -0.05) is 0 Å². The van der Waals surface area contributed by atoms with Crippen LogP contribution in [0.2, 0.25) is 0 Å². The summed E-state index contributed by atoms with van der Waals surface area (Å²) in [5, 5.41) is 11.0. The second kappa shape index (κ2) is 5.97. The number of carbonyl (C=O) groups is 2. The molecular weight excluding hydrogens is 248 g/mol. The molecule has 17 heavy (non-hydrogen) atoms. The summed E-state index contributed by atoms with van der Waals surface area (Å²) in [6, 6.07) is -0.781. The highest BCUT2D eigenvalue weighted by atomic mass is 32.2. The van der Waals surface area contributed by atoms with Gasteiger partial charge >= 0.3 is 5.97 Å². The maximum atomic E-state index is 11.5. The maximum Gasteiger partial charge on any atom is 0.304 e. The summed E-state index contributed by atoms with van der Waals surface area (Å²) in [5.74, 6) is -2.03. The smallest absolute Gasteiger partial charge is 0.304 e. The molecule has 1 amide bonds. The number of hydrogen-bond acceptors (Lipinski definition) is 4. The number of nitrogens with one attached hydrogen (secondary N) is 2. The van der Waals surface area contributed by atoms with Gasteiger partial charge in [-0.25, -0.2) is 13.1 Å². The number of sulfonamides is 1. The van der Waals surface area contributed by atoms with E-state index in [1.807, 2.05) is 0 Å². The van der Waals surface area contributed by atoms with E-state index in [9.17, 15) is 18.0 Å². The summed E-state index contributed by atoms with van der Waals surface area (Å²) < 4.78 is 25.3. The molecule has 1 heterocycles. The van der Waals surface area contributed by atoms with Crippen LogP contribution in [0.4, 0.5) is 0 Å². The quantitative estimate of drug-likeness (QED) is 0.592. The molecule has 3 N–H and O–H groups in total. The number of carboxylic acid groups (broad SMARTS) is 1. The fraction of sp³-hybridized carbons (Fsp3) is 0.778. The van der Waals surface area contributed by atoms with E-state index in [1.165, 1.54) is 0 Å². The molecule has 1 unspecified atom stereocenters. The van der Waals surface area contributed by atoms with Gasteiger partial charge in [0.2, 0.25) is 15.9 Å². The van der Waals surface area contributed by atoms with Crippen LogP contribution in [0.25, 0.3) is 0 Å². The van der Waals surface area contributed by atoms with Crippen LogP contribution < -0.4 is 10.0 Å². The van der Waals surface area contributed by atoms with Gasteiger partial charge in [-0.3, -0.25) is 9.59 Å². The molecule has 0 radical (unpaired) electrons. The lowest BCUT2D eigenvalue weighted by Gasteiger charge is -2.14. The van der Waals surface area contributed by atoms with Gasteiger partial charge in [0.1, 0.15) is 6.04 Å². The van der Waals surface area contributed by atoms with Crippen molar-refractivity contribution in [2.24, 2.45) is 0 Å². The molecule has 0 bridgehead atoms. The largest absolute Gasteiger partial charge is 0.481 e. The van der Waals surface area contributed by atoms with E-state index in [2.05, 4.69) is 10.0 Å². The Morgan fingerprint density at radius 2 is 2.18 bits per heavy atom. The number of rotatable bonds is 5. The average Bonchev–Trinajstić information content (AvgIpc) is 2.42. The minimum Gasteiger partial charge on any atom is -0.481 e. The minimum absolute atomic E-state index is 0.346. The van der Waals surface area contributed by atoms with Crippen LogP contribution >= 0.6 is 0 Å². The summed E-state index contributed by atoms with van der Waals surface area (Å²) in [6.45, 7) is 0.548. The van der Waals surface area contributed by atoms with Crippen molar-refractivity contribution in [2.75, 3.05) is 12.3 Å². The van der Waals surface area contributed by atoms with Crippen molar-refractivity contribution in [3.63, 3.8) is 0 Å². The van der Waals surface area contributed by atoms with Crippen molar-refractivity contribution < 1.29 is 23.1 Å². The van der Waals surface area contributed by atoms with Gasteiger partial charge < -0.3 is 10.4 Å². The second-order valence-electron chi connectivity index (χ2n) is 3.92. The monoisotopic (exact) mass is 264 g/mol. The fourth-order valence-corrected chi connectivity index (χ4v) is 2.77. The van der Waals surface area contributed by atoms with Crippen molar-refractivity contribution in [2.45, 2.75) is 31.7 Å². The van der Waals surface area contributed by atoms with Crippen LogP contribution in [-0.2, 0) is 19.6 Å². The lowest BCUT2D eigenvalue weighted by Crippen LogP contribution is -2.46. The Morgan fingerprint density at radius 3 is 2.82 bits per heavy atom.